The Labute approximate surface area is 122 Å². The monoisotopic (exact) mass is 278 g/mol. The van der Waals surface area contributed by atoms with Crippen LogP contribution in [0.2, 0.25) is 0 Å². The van der Waals surface area contributed by atoms with E-state index in [1.807, 2.05) is 25.1 Å². The number of allylic oxidation sites excluding steroid dienone is 2. The maximum atomic E-state index is 9.48. The van der Waals surface area contributed by atoms with Crippen LogP contribution >= 0.6 is 0 Å². The fourth-order valence-corrected chi connectivity index (χ4v) is 2.75. The fraction of sp³-hybridized carbons (Fsp3) is 0.529. The molecule has 1 rings (SSSR count). The third-order valence-corrected chi connectivity index (χ3v) is 3.94. The van der Waals surface area contributed by atoms with Crippen molar-refractivity contribution in [1.82, 2.24) is 0 Å². The molecule has 0 aliphatic heterocycles. The number of ether oxygens (including phenoxy) is 2. The predicted molar refractivity (Wildman–Crippen MR) is 82.6 cm³/mol. The number of benzene rings is 1. The van der Waals surface area contributed by atoms with Crippen LogP contribution in [0.15, 0.2) is 30.4 Å². The molecule has 0 heterocycles. The largest absolute Gasteiger partial charge is 0.493 e. The van der Waals surface area contributed by atoms with Crippen LogP contribution < -0.4 is 9.47 Å². The zero-order valence-corrected chi connectivity index (χ0v) is 13.1. The number of methoxy groups -OCH3 is 2. The van der Waals surface area contributed by atoms with Crippen LogP contribution in [0.3, 0.4) is 0 Å². The average molecular weight is 278 g/mol. The van der Waals surface area contributed by atoms with Crippen LogP contribution in [0, 0.1) is 5.92 Å². The maximum Gasteiger partial charge on any atom is 0.161 e. The third-order valence-electron chi connectivity index (χ3n) is 3.94. The summed E-state index contributed by atoms with van der Waals surface area (Å²) in [7, 11) is 3.27. The van der Waals surface area contributed by atoms with Crippen LogP contribution in [0.4, 0.5) is 0 Å². The van der Waals surface area contributed by atoms with Gasteiger partial charge in [0.15, 0.2) is 11.5 Å². The van der Waals surface area contributed by atoms with Gasteiger partial charge in [-0.05, 0) is 37.0 Å². The second kappa shape index (κ2) is 7.34. The van der Waals surface area contributed by atoms with Gasteiger partial charge in [0.2, 0.25) is 0 Å². The topological polar surface area (TPSA) is 38.7 Å². The minimum atomic E-state index is -0.191. The van der Waals surface area contributed by atoms with Crippen LogP contribution in [0.5, 0.6) is 11.5 Å². The molecule has 0 amide bonds. The van der Waals surface area contributed by atoms with Gasteiger partial charge in [0.25, 0.3) is 0 Å². The molecule has 3 nitrogen and oxygen atoms in total. The highest BCUT2D eigenvalue weighted by Gasteiger charge is 2.33. The highest BCUT2D eigenvalue weighted by Crippen LogP contribution is 2.41. The van der Waals surface area contributed by atoms with Crippen molar-refractivity contribution in [1.29, 1.82) is 0 Å². The van der Waals surface area contributed by atoms with Crippen molar-refractivity contribution in [2.24, 2.45) is 5.92 Å². The molecular formula is C17H26O3. The maximum absolute atomic E-state index is 9.48. The summed E-state index contributed by atoms with van der Waals surface area (Å²) in [5.41, 5.74) is 0.945. The van der Waals surface area contributed by atoms with Crippen molar-refractivity contribution in [3.05, 3.63) is 35.9 Å². The Morgan fingerprint density at radius 1 is 1.20 bits per heavy atom. The molecule has 0 radical (unpaired) electrons. The van der Waals surface area contributed by atoms with Crippen molar-refractivity contribution < 1.29 is 14.6 Å². The standard InChI is InChI=1S/C17H26O3/c1-6-9-17(10-11-18,13(2)3)14-7-8-15(19-4)16(12-14)20-5/h6-9,12-13,18H,10-11H2,1-5H3/b9-6+/t17-/m1/s1. The van der Waals surface area contributed by atoms with Crippen molar-refractivity contribution in [2.75, 3.05) is 20.8 Å². The summed E-state index contributed by atoms with van der Waals surface area (Å²) < 4.78 is 10.7. The van der Waals surface area contributed by atoms with Crippen LogP contribution in [0.1, 0.15) is 32.8 Å². The van der Waals surface area contributed by atoms with Gasteiger partial charge in [-0.3, -0.25) is 0 Å². The smallest absolute Gasteiger partial charge is 0.161 e. The van der Waals surface area contributed by atoms with Gasteiger partial charge in [-0.25, -0.2) is 0 Å². The quantitative estimate of drug-likeness (QED) is 0.775. The van der Waals surface area contributed by atoms with Gasteiger partial charge in [0, 0.05) is 12.0 Å². The lowest BCUT2D eigenvalue weighted by Gasteiger charge is -2.35. The number of hydrogen-bond acceptors (Lipinski definition) is 3. The summed E-state index contributed by atoms with van der Waals surface area (Å²) in [5, 5.41) is 9.48. The molecule has 1 N–H and O–H groups in total. The van der Waals surface area contributed by atoms with E-state index in [4.69, 9.17) is 9.47 Å². The molecule has 0 unspecified atom stereocenters. The minimum absolute atomic E-state index is 0.150. The van der Waals surface area contributed by atoms with Gasteiger partial charge in [-0.1, -0.05) is 32.1 Å². The molecule has 1 aromatic rings. The zero-order valence-electron chi connectivity index (χ0n) is 13.1. The molecule has 112 valence electrons. The third kappa shape index (κ3) is 3.15. The van der Waals surface area contributed by atoms with E-state index in [1.54, 1.807) is 14.2 Å². The van der Waals surface area contributed by atoms with Crippen LogP contribution in [-0.2, 0) is 5.41 Å². The molecule has 0 spiro atoms. The molecule has 0 fully saturated rings. The van der Waals surface area contributed by atoms with Gasteiger partial charge in [-0.15, -0.1) is 0 Å². The molecule has 3 heteroatoms. The van der Waals surface area contributed by atoms with Crippen molar-refractivity contribution in [3.63, 3.8) is 0 Å². The summed E-state index contributed by atoms with van der Waals surface area (Å²) in [4.78, 5) is 0. The van der Waals surface area contributed by atoms with Gasteiger partial charge in [0.05, 0.1) is 14.2 Å². The van der Waals surface area contributed by atoms with Gasteiger partial charge in [-0.2, -0.15) is 0 Å². The summed E-state index contributed by atoms with van der Waals surface area (Å²) >= 11 is 0. The Hall–Kier alpha value is -1.48. The number of aliphatic hydroxyl groups is 1. The fourth-order valence-electron chi connectivity index (χ4n) is 2.75. The Kier molecular flexibility index (Phi) is 6.08. The van der Waals surface area contributed by atoms with E-state index in [0.29, 0.717) is 12.3 Å². The van der Waals surface area contributed by atoms with Gasteiger partial charge in [0.1, 0.15) is 0 Å². The Balaban J connectivity index is 3.40. The Bertz CT molecular complexity index is 452. The van der Waals surface area contributed by atoms with E-state index >= 15 is 0 Å². The van der Waals surface area contributed by atoms with Gasteiger partial charge >= 0.3 is 0 Å². The van der Waals surface area contributed by atoms with Crippen LogP contribution in [-0.4, -0.2) is 25.9 Å². The molecule has 0 aromatic heterocycles. The molecule has 0 saturated heterocycles. The van der Waals surface area contributed by atoms with E-state index in [-0.39, 0.29) is 12.0 Å². The number of rotatable bonds is 7. The Morgan fingerprint density at radius 3 is 2.30 bits per heavy atom. The molecular weight excluding hydrogens is 252 g/mol. The van der Waals surface area contributed by atoms with Gasteiger partial charge < -0.3 is 14.6 Å². The lowest BCUT2D eigenvalue weighted by atomic mass is 9.69. The van der Waals surface area contributed by atoms with E-state index in [1.165, 1.54) is 0 Å². The number of hydrogen-bond donors (Lipinski definition) is 1. The van der Waals surface area contributed by atoms with Crippen molar-refractivity contribution in [2.45, 2.75) is 32.6 Å². The van der Waals surface area contributed by atoms with E-state index in [0.717, 1.165) is 17.1 Å². The molecule has 1 atom stereocenters. The molecule has 0 bridgehead atoms. The lowest BCUT2D eigenvalue weighted by Crippen LogP contribution is -2.31. The normalized spacial score (nSPS) is 14.6. The first-order valence-electron chi connectivity index (χ1n) is 7.03. The summed E-state index contributed by atoms with van der Waals surface area (Å²) in [6.07, 6.45) is 4.91. The molecule has 0 saturated carbocycles. The highest BCUT2D eigenvalue weighted by atomic mass is 16.5. The molecule has 20 heavy (non-hydrogen) atoms. The highest BCUT2D eigenvalue weighted by molar-refractivity contribution is 5.47. The van der Waals surface area contributed by atoms with Crippen molar-refractivity contribution in [3.8, 4) is 11.5 Å². The minimum Gasteiger partial charge on any atom is -0.493 e. The predicted octanol–water partition coefficient (Wildman–Crippen LogP) is 3.56. The molecule has 1 aromatic carbocycles. The SMILES string of the molecule is C/C=C/[C@](CCO)(c1ccc(OC)c(OC)c1)C(C)C. The van der Waals surface area contributed by atoms with E-state index in [9.17, 15) is 5.11 Å². The molecule has 0 aliphatic rings. The first-order valence-corrected chi connectivity index (χ1v) is 7.03. The van der Waals surface area contributed by atoms with E-state index < -0.39 is 0 Å². The average Bonchev–Trinajstić information content (AvgIpc) is 2.45. The second-order valence-electron chi connectivity index (χ2n) is 5.24. The summed E-state index contributed by atoms with van der Waals surface area (Å²) in [5.74, 6) is 1.81. The second-order valence-corrected chi connectivity index (χ2v) is 5.24. The summed E-state index contributed by atoms with van der Waals surface area (Å²) in [6, 6.07) is 5.98. The van der Waals surface area contributed by atoms with Crippen molar-refractivity contribution >= 4 is 0 Å². The zero-order chi connectivity index (χ0) is 15.2. The number of aliphatic hydroxyl groups excluding tert-OH is 1. The first kappa shape index (κ1) is 16.6. The molecule has 0 aliphatic carbocycles. The summed E-state index contributed by atoms with van der Waals surface area (Å²) in [6.45, 7) is 6.50. The van der Waals surface area contributed by atoms with Crippen LogP contribution in [0.25, 0.3) is 0 Å². The lowest BCUT2D eigenvalue weighted by molar-refractivity contribution is 0.229. The van der Waals surface area contributed by atoms with E-state index in [2.05, 4.69) is 26.0 Å². The first-order chi connectivity index (χ1) is 9.55. The Morgan fingerprint density at radius 2 is 1.85 bits per heavy atom.